The Hall–Kier alpha value is -3.64. The van der Waals surface area contributed by atoms with Gasteiger partial charge in [-0.1, -0.05) is 43.3 Å². The second kappa shape index (κ2) is 7.93. The molecule has 182 valence electrons. The van der Waals surface area contributed by atoms with Gasteiger partial charge in [-0.15, -0.1) is 0 Å². The summed E-state index contributed by atoms with van der Waals surface area (Å²) in [5.41, 5.74) is 8.59. The van der Waals surface area contributed by atoms with Crippen LogP contribution in [-0.2, 0) is 16.6 Å². The Kier molecular flexibility index (Phi) is 4.77. The number of nitrogens with one attached hydrogen (secondary N) is 2. The van der Waals surface area contributed by atoms with E-state index in [9.17, 15) is 4.79 Å². The molecule has 4 aromatic rings. The lowest BCUT2D eigenvalue weighted by Crippen LogP contribution is -2.44. The van der Waals surface area contributed by atoms with Gasteiger partial charge in [-0.3, -0.25) is 9.89 Å². The van der Waals surface area contributed by atoms with Crippen molar-refractivity contribution in [1.82, 2.24) is 15.1 Å². The van der Waals surface area contributed by atoms with Crippen molar-refractivity contribution in [3.8, 4) is 11.3 Å². The molecule has 1 aromatic heterocycles. The number of H-pyrrole nitrogens is 1. The molecule has 7 rings (SSSR count). The minimum Gasteiger partial charge on any atom is -0.369 e. The summed E-state index contributed by atoms with van der Waals surface area (Å²) < 4.78 is 0. The van der Waals surface area contributed by atoms with Gasteiger partial charge in [-0.2, -0.15) is 5.10 Å². The van der Waals surface area contributed by atoms with Crippen LogP contribution in [0.4, 0.5) is 11.4 Å². The number of aromatic nitrogens is 2. The first-order valence-electron chi connectivity index (χ1n) is 13.0. The van der Waals surface area contributed by atoms with Gasteiger partial charge in [0.25, 0.3) is 0 Å². The zero-order chi connectivity index (χ0) is 24.4. The number of piperazine rings is 1. The number of aromatic amines is 1. The van der Waals surface area contributed by atoms with Gasteiger partial charge in [-0.25, -0.2) is 0 Å². The minimum absolute atomic E-state index is 0.140. The van der Waals surface area contributed by atoms with Gasteiger partial charge in [0.15, 0.2) is 0 Å². The maximum absolute atomic E-state index is 13.1. The lowest BCUT2D eigenvalue weighted by atomic mass is 9.90. The van der Waals surface area contributed by atoms with Crippen LogP contribution in [0.15, 0.2) is 60.7 Å². The number of carbonyl (C=O) groups excluding carboxylic acids is 1. The Bertz CT molecular complexity index is 1480. The molecule has 3 heterocycles. The van der Waals surface area contributed by atoms with Gasteiger partial charge in [0.05, 0.1) is 16.6 Å². The van der Waals surface area contributed by atoms with Crippen LogP contribution < -0.4 is 10.2 Å². The molecule has 6 heteroatoms. The third kappa shape index (κ3) is 3.21. The Morgan fingerprint density at radius 3 is 2.58 bits per heavy atom. The van der Waals surface area contributed by atoms with E-state index < -0.39 is 5.41 Å². The Balaban J connectivity index is 1.16. The molecule has 3 aliphatic rings. The number of carbonyl (C=O) groups is 1. The fraction of sp³-hybridized carbons (Fsp3) is 0.333. The van der Waals surface area contributed by atoms with E-state index in [1.165, 1.54) is 22.4 Å². The molecular formula is C30H31N5O. The van der Waals surface area contributed by atoms with E-state index in [-0.39, 0.29) is 11.8 Å². The average molecular weight is 478 g/mol. The molecule has 1 saturated heterocycles. The molecule has 36 heavy (non-hydrogen) atoms. The highest BCUT2D eigenvalue weighted by Gasteiger charge is 2.65. The minimum atomic E-state index is -0.421. The summed E-state index contributed by atoms with van der Waals surface area (Å²) in [5, 5.41) is 12.2. The maximum Gasteiger partial charge on any atom is 0.235 e. The lowest BCUT2D eigenvalue weighted by molar-refractivity contribution is -0.118. The molecule has 2 fully saturated rings. The van der Waals surface area contributed by atoms with Crippen LogP contribution in [0.2, 0.25) is 0 Å². The smallest absolute Gasteiger partial charge is 0.235 e. The average Bonchev–Trinajstić information content (AvgIpc) is 3.44. The van der Waals surface area contributed by atoms with Gasteiger partial charge in [0.1, 0.15) is 0 Å². The summed E-state index contributed by atoms with van der Waals surface area (Å²) in [6.45, 7) is 6.49. The Labute approximate surface area is 211 Å². The zero-order valence-corrected chi connectivity index (χ0v) is 20.8. The largest absolute Gasteiger partial charge is 0.369 e. The van der Waals surface area contributed by atoms with Crippen LogP contribution >= 0.6 is 0 Å². The third-order valence-electron chi connectivity index (χ3n) is 8.59. The zero-order valence-electron chi connectivity index (χ0n) is 20.8. The van der Waals surface area contributed by atoms with E-state index in [2.05, 4.69) is 99.9 Å². The van der Waals surface area contributed by atoms with Crippen molar-refractivity contribution in [1.29, 1.82) is 0 Å². The topological polar surface area (TPSA) is 64.3 Å². The summed E-state index contributed by atoms with van der Waals surface area (Å²) in [5.74, 6) is 0.339. The molecule has 1 aliphatic carbocycles. The number of fused-ring (bicyclic) bond motifs is 3. The molecule has 2 N–H and O–H groups in total. The van der Waals surface area contributed by atoms with Crippen LogP contribution in [0.5, 0.6) is 0 Å². The fourth-order valence-corrected chi connectivity index (χ4v) is 6.23. The molecule has 1 spiro atoms. The molecular weight excluding hydrogens is 446 g/mol. The van der Waals surface area contributed by atoms with Crippen molar-refractivity contribution >= 4 is 28.2 Å². The number of rotatable bonds is 4. The van der Waals surface area contributed by atoms with E-state index >= 15 is 0 Å². The van der Waals surface area contributed by atoms with E-state index in [0.29, 0.717) is 0 Å². The maximum atomic E-state index is 13.1. The van der Waals surface area contributed by atoms with Gasteiger partial charge in [0.2, 0.25) is 5.91 Å². The number of nitrogens with zero attached hydrogens (tertiary/aromatic N) is 3. The molecule has 2 aliphatic heterocycles. The number of benzene rings is 3. The lowest BCUT2D eigenvalue weighted by Gasteiger charge is -2.34. The number of amides is 1. The summed E-state index contributed by atoms with van der Waals surface area (Å²) >= 11 is 0. The fourth-order valence-electron chi connectivity index (χ4n) is 6.23. The van der Waals surface area contributed by atoms with Crippen LogP contribution in [0.1, 0.15) is 36.0 Å². The monoisotopic (exact) mass is 477 g/mol. The number of likely N-dealkylation sites (N-methyl/N-ethyl adjacent to an activating group) is 1. The second-order valence-corrected chi connectivity index (χ2v) is 10.6. The molecule has 1 amide bonds. The van der Waals surface area contributed by atoms with Crippen LogP contribution in [0.3, 0.4) is 0 Å². The highest BCUT2D eigenvalue weighted by atomic mass is 16.2. The van der Waals surface area contributed by atoms with Gasteiger partial charge in [0, 0.05) is 54.4 Å². The molecule has 1 saturated carbocycles. The number of hydrogen-bond donors (Lipinski definition) is 2. The highest BCUT2D eigenvalue weighted by Crippen LogP contribution is 2.65. The quantitative estimate of drug-likeness (QED) is 0.438. The summed E-state index contributed by atoms with van der Waals surface area (Å²) in [7, 11) is 2.18. The second-order valence-electron chi connectivity index (χ2n) is 10.6. The van der Waals surface area contributed by atoms with E-state index in [0.717, 1.165) is 66.9 Å². The predicted octanol–water partition coefficient (Wildman–Crippen LogP) is 4.92. The van der Waals surface area contributed by atoms with Crippen LogP contribution in [0.25, 0.3) is 22.2 Å². The summed E-state index contributed by atoms with van der Waals surface area (Å²) in [6.07, 6.45) is 1.83. The molecule has 0 radical (unpaired) electrons. The molecule has 0 bridgehead atoms. The predicted molar refractivity (Wildman–Crippen MR) is 145 cm³/mol. The van der Waals surface area contributed by atoms with E-state index in [1.54, 1.807) is 0 Å². The SMILES string of the molecule is CCc1ccc2c(c1)C1(CC1c1ccc3c(-c4ccc(N5CCN(C)CC5)cc4)n[nH]c3c1)C(=O)N2. The van der Waals surface area contributed by atoms with Crippen molar-refractivity contribution < 1.29 is 4.79 Å². The highest BCUT2D eigenvalue weighted by molar-refractivity contribution is 6.10. The molecule has 3 aromatic carbocycles. The van der Waals surface area contributed by atoms with Crippen molar-refractivity contribution in [2.45, 2.75) is 31.1 Å². The van der Waals surface area contributed by atoms with Gasteiger partial charge < -0.3 is 15.1 Å². The molecule has 2 atom stereocenters. The first-order chi connectivity index (χ1) is 17.6. The van der Waals surface area contributed by atoms with E-state index in [1.807, 2.05) is 0 Å². The standard InChI is InChI=1S/C30H31N5O/c1-3-19-4-11-26-24(16-19)30(29(36)31-26)18-25(30)21-7-10-23-27(17-21)32-33-28(23)20-5-8-22(9-6-20)35-14-12-34(2)13-15-35/h4-11,16-17,25H,3,12-15,18H2,1-2H3,(H,31,36)(H,32,33). The Morgan fingerprint density at radius 1 is 1.00 bits per heavy atom. The number of anilines is 2. The van der Waals surface area contributed by atoms with Crippen molar-refractivity contribution in [2.75, 3.05) is 43.4 Å². The third-order valence-corrected chi connectivity index (χ3v) is 8.59. The first-order valence-corrected chi connectivity index (χ1v) is 13.0. The van der Waals surface area contributed by atoms with Crippen LogP contribution in [-0.4, -0.2) is 54.2 Å². The number of aryl methyl sites for hydroxylation is 1. The van der Waals surface area contributed by atoms with Crippen molar-refractivity contribution in [3.05, 3.63) is 77.4 Å². The molecule has 2 unspecified atom stereocenters. The summed E-state index contributed by atoms with van der Waals surface area (Å²) in [4.78, 5) is 17.9. The van der Waals surface area contributed by atoms with E-state index in [4.69, 9.17) is 0 Å². The number of hydrogen-bond acceptors (Lipinski definition) is 4. The molecule has 6 nitrogen and oxygen atoms in total. The first kappa shape index (κ1) is 21.6. The van der Waals surface area contributed by atoms with Crippen LogP contribution in [0, 0.1) is 0 Å². The Morgan fingerprint density at radius 2 is 1.81 bits per heavy atom. The van der Waals surface area contributed by atoms with Crippen molar-refractivity contribution in [2.24, 2.45) is 0 Å². The normalized spacial score (nSPS) is 23.3. The van der Waals surface area contributed by atoms with Crippen molar-refractivity contribution in [3.63, 3.8) is 0 Å². The summed E-state index contributed by atoms with van der Waals surface area (Å²) in [6, 6.07) is 21.7. The van der Waals surface area contributed by atoms with Gasteiger partial charge >= 0.3 is 0 Å². The van der Waals surface area contributed by atoms with Gasteiger partial charge in [-0.05, 0) is 60.8 Å².